The van der Waals surface area contributed by atoms with Crippen molar-refractivity contribution in [1.82, 2.24) is 0 Å². The van der Waals surface area contributed by atoms with Crippen LogP contribution in [0, 0.1) is 0 Å². The molecule has 0 aromatic heterocycles. The SMILES string of the molecule is CC1CCc2ccccc2N1C(=O)CN1CCOc2ccccc21. The highest BCUT2D eigenvalue weighted by atomic mass is 16.5. The van der Waals surface area contributed by atoms with Crippen molar-refractivity contribution in [2.45, 2.75) is 25.8 Å². The number of benzene rings is 2. The summed E-state index contributed by atoms with van der Waals surface area (Å²) in [7, 11) is 0. The van der Waals surface area contributed by atoms with E-state index in [1.165, 1.54) is 5.56 Å². The van der Waals surface area contributed by atoms with Crippen molar-refractivity contribution < 1.29 is 9.53 Å². The van der Waals surface area contributed by atoms with E-state index in [0.717, 1.165) is 36.5 Å². The van der Waals surface area contributed by atoms with Crippen molar-refractivity contribution in [3.63, 3.8) is 0 Å². The summed E-state index contributed by atoms with van der Waals surface area (Å²) in [5.41, 5.74) is 3.35. The third kappa shape index (κ3) is 2.62. The largest absolute Gasteiger partial charge is 0.490 e. The fraction of sp³-hybridized carbons (Fsp3) is 0.350. The first-order valence-electron chi connectivity index (χ1n) is 8.61. The summed E-state index contributed by atoms with van der Waals surface area (Å²) in [6.07, 6.45) is 2.06. The second-order valence-electron chi connectivity index (χ2n) is 6.52. The predicted molar refractivity (Wildman–Crippen MR) is 95.9 cm³/mol. The van der Waals surface area contributed by atoms with Crippen LogP contribution >= 0.6 is 0 Å². The molecule has 0 bridgehead atoms. The predicted octanol–water partition coefficient (Wildman–Crippen LogP) is 3.25. The lowest BCUT2D eigenvalue weighted by Crippen LogP contribution is -2.48. The van der Waals surface area contributed by atoms with Crippen LogP contribution in [-0.4, -0.2) is 31.6 Å². The number of hydrogen-bond donors (Lipinski definition) is 0. The molecule has 4 rings (SSSR count). The summed E-state index contributed by atoms with van der Waals surface area (Å²) < 4.78 is 5.69. The van der Waals surface area contributed by atoms with Crippen molar-refractivity contribution in [3.8, 4) is 5.75 Å². The van der Waals surface area contributed by atoms with Crippen LogP contribution in [0.1, 0.15) is 18.9 Å². The molecule has 4 heteroatoms. The lowest BCUT2D eigenvalue weighted by molar-refractivity contribution is -0.117. The molecule has 0 aliphatic carbocycles. The Morgan fingerprint density at radius 1 is 1.12 bits per heavy atom. The Labute approximate surface area is 142 Å². The van der Waals surface area contributed by atoms with Crippen LogP contribution in [0.15, 0.2) is 48.5 Å². The van der Waals surface area contributed by atoms with Crippen LogP contribution in [0.25, 0.3) is 0 Å². The van der Waals surface area contributed by atoms with Gasteiger partial charge in [0.15, 0.2) is 0 Å². The number of amides is 1. The minimum Gasteiger partial charge on any atom is -0.490 e. The number of fused-ring (bicyclic) bond motifs is 2. The fourth-order valence-corrected chi connectivity index (χ4v) is 3.70. The Hall–Kier alpha value is -2.49. The van der Waals surface area contributed by atoms with Gasteiger partial charge in [0.2, 0.25) is 5.91 Å². The number of anilines is 2. The van der Waals surface area contributed by atoms with E-state index in [2.05, 4.69) is 30.0 Å². The van der Waals surface area contributed by atoms with Crippen molar-refractivity contribution in [3.05, 3.63) is 54.1 Å². The van der Waals surface area contributed by atoms with Crippen LogP contribution < -0.4 is 14.5 Å². The van der Waals surface area contributed by atoms with Gasteiger partial charge in [0.25, 0.3) is 0 Å². The summed E-state index contributed by atoms with van der Waals surface area (Å²) in [5, 5.41) is 0. The Kier molecular flexibility index (Phi) is 3.89. The molecule has 2 aliphatic heterocycles. The first-order valence-corrected chi connectivity index (χ1v) is 8.61. The molecule has 0 saturated carbocycles. The number of rotatable bonds is 2. The molecule has 24 heavy (non-hydrogen) atoms. The second kappa shape index (κ2) is 6.19. The molecular formula is C20H22N2O2. The number of carbonyl (C=O) groups excluding carboxylic acids is 1. The summed E-state index contributed by atoms with van der Waals surface area (Å²) in [6.45, 7) is 3.89. The normalized spacial score (nSPS) is 19.3. The van der Waals surface area contributed by atoms with Crippen molar-refractivity contribution in [2.24, 2.45) is 0 Å². The zero-order valence-corrected chi connectivity index (χ0v) is 13.9. The first-order chi connectivity index (χ1) is 11.7. The van der Waals surface area contributed by atoms with Gasteiger partial charge in [-0.05, 0) is 43.5 Å². The second-order valence-corrected chi connectivity index (χ2v) is 6.52. The maximum atomic E-state index is 13.1. The fourth-order valence-electron chi connectivity index (χ4n) is 3.70. The molecule has 1 unspecified atom stereocenters. The van der Waals surface area contributed by atoms with E-state index >= 15 is 0 Å². The van der Waals surface area contributed by atoms with Crippen molar-refractivity contribution in [1.29, 1.82) is 0 Å². The molecule has 2 aliphatic rings. The van der Waals surface area contributed by atoms with E-state index in [1.54, 1.807) is 0 Å². The molecule has 0 fully saturated rings. The quantitative estimate of drug-likeness (QED) is 0.851. The number of nitrogens with zero attached hydrogens (tertiary/aromatic N) is 2. The molecule has 4 nitrogen and oxygen atoms in total. The van der Waals surface area contributed by atoms with Crippen LogP contribution in [0.5, 0.6) is 5.75 Å². The molecule has 0 spiro atoms. The summed E-state index contributed by atoms with van der Waals surface area (Å²) in [6, 6.07) is 16.4. The number of aryl methyl sites for hydroxylation is 1. The molecule has 2 aromatic rings. The minimum atomic E-state index is 0.159. The van der Waals surface area contributed by atoms with Gasteiger partial charge in [-0.15, -0.1) is 0 Å². The van der Waals surface area contributed by atoms with E-state index in [-0.39, 0.29) is 11.9 Å². The van der Waals surface area contributed by atoms with E-state index in [9.17, 15) is 4.79 Å². The van der Waals surface area contributed by atoms with Gasteiger partial charge in [0.1, 0.15) is 12.4 Å². The number of hydrogen-bond acceptors (Lipinski definition) is 3. The van der Waals surface area contributed by atoms with Crippen molar-refractivity contribution in [2.75, 3.05) is 29.5 Å². The maximum Gasteiger partial charge on any atom is 0.246 e. The van der Waals surface area contributed by atoms with Crippen LogP contribution in [0.3, 0.4) is 0 Å². The molecule has 0 saturated heterocycles. The minimum absolute atomic E-state index is 0.159. The molecule has 2 heterocycles. The highest BCUT2D eigenvalue weighted by Gasteiger charge is 2.30. The van der Waals surface area contributed by atoms with Gasteiger partial charge in [-0.25, -0.2) is 0 Å². The van der Waals surface area contributed by atoms with Gasteiger partial charge in [0, 0.05) is 11.7 Å². The van der Waals surface area contributed by atoms with Gasteiger partial charge in [-0.1, -0.05) is 30.3 Å². The van der Waals surface area contributed by atoms with Crippen LogP contribution in [-0.2, 0) is 11.2 Å². The monoisotopic (exact) mass is 322 g/mol. The van der Waals surface area contributed by atoms with E-state index < -0.39 is 0 Å². The van der Waals surface area contributed by atoms with E-state index in [4.69, 9.17) is 4.74 Å². The zero-order valence-electron chi connectivity index (χ0n) is 13.9. The standard InChI is InChI=1S/C20H22N2O2/c1-15-10-11-16-6-2-3-7-17(16)22(15)20(23)14-21-12-13-24-19-9-5-4-8-18(19)21/h2-9,15H,10-14H2,1H3. The summed E-state index contributed by atoms with van der Waals surface area (Å²) in [5.74, 6) is 1.02. The summed E-state index contributed by atoms with van der Waals surface area (Å²) >= 11 is 0. The average Bonchev–Trinajstić information content (AvgIpc) is 2.62. The van der Waals surface area contributed by atoms with Gasteiger partial charge >= 0.3 is 0 Å². The molecule has 0 radical (unpaired) electrons. The number of carbonyl (C=O) groups is 1. The van der Waals surface area contributed by atoms with Gasteiger partial charge in [-0.3, -0.25) is 4.79 Å². The molecule has 1 amide bonds. The lowest BCUT2D eigenvalue weighted by Gasteiger charge is -2.38. The summed E-state index contributed by atoms with van der Waals surface area (Å²) in [4.78, 5) is 17.2. The number of para-hydroxylation sites is 3. The average molecular weight is 322 g/mol. The highest BCUT2D eigenvalue weighted by Crippen LogP contribution is 2.33. The Bertz CT molecular complexity index is 759. The third-order valence-electron chi connectivity index (χ3n) is 4.94. The van der Waals surface area contributed by atoms with E-state index in [0.29, 0.717) is 13.2 Å². The third-order valence-corrected chi connectivity index (χ3v) is 4.94. The molecule has 0 N–H and O–H groups in total. The molecule has 1 atom stereocenters. The molecular weight excluding hydrogens is 300 g/mol. The molecule has 124 valence electrons. The van der Waals surface area contributed by atoms with Gasteiger partial charge < -0.3 is 14.5 Å². The zero-order chi connectivity index (χ0) is 16.5. The van der Waals surface area contributed by atoms with Gasteiger partial charge in [0.05, 0.1) is 18.8 Å². The smallest absolute Gasteiger partial charge is 0.246 e. The van der Waals surface area contributed by atoms with Crippen LogP contribution in [0.2, 0.25) is 0 Å². The van der Waals surface area contributed by atoms with E-state index in [1.807, 2.05) is 35.2 Å². The van der Waals surface area contributed by atoms with Crippen molar-refractivity contribution >= 4 is 17.3 Å². The molecule has 2 aromatic carbocycles. The highest BCUT2D eigenvalue weighted by molar-refractivity contribution is 5.98. The van der Waals surface area contributed by atoms with Crippen LogP contribution in [0.4, 0.5) is 11.4 Å². The topological polar surface area (TPSA) is 32.8 Å². The Balaban J connectivity index is 1.59. The maximum absolute atomic E-state index is 13.1. The Morgan fingerprint density at radius 2 is 1.88 bits per heavy atom. The first kappa shape index (κ1) is 15.1. The Morgan fingerprint density at radius 3 is 2.75 bits per heavy atom. The lowest BCUT2D eigenvalue weighted by atomic mass is 9.96. The van der Waals surface area contributed by atoms with Gasteiger partial charge in [-0.2, -0.15) is 0 Å². The number of ether oxygens (including phenoxy) is 1.